The number of anilines is 2. The number of amides is 2. The lowest BCUT2D eigenvalue weighted by Crippen LogP contribution is -2.14. The molecule has 0 aliphatic carbocycles. The Hall–Kier alpha value is -5.05. The van der Waals surface area contributed by atoms with Crippen molar-refractivity contribution in [1.82, 2.24) is 24.5 Å². The van der Waals surface area contributed by atoms with E-state index >= 15 is 0 Å². The molecule has 2 heterocycles. The summed E-state index contributed by atoms with van der Waals surface area (Å²) in [5.74, 6) is 0.319. The Balaban J connectivity index is 1.23. The molecule has 9 nitrogen and oxygen atoms in total. The first-order valence-corrected chi connectivity index (χ1v) is 11.7. The maximum Gasteiger partial charge on any atom is 0.255 e. The van der Waals surface area contributed by atoms with Crippen LogP contribution in [0, 0.1) is 13.8 Å². The zero-order chi connectivity index (χ0) is 25.8. The number of nitrogens with one attached hydrogen (secondary N) is 2. The molecule has 37 heavy (non-hydrogen) atoms. The summed E-state index contributed by atoms with van der Waals surface area (Å²) in [6.45, 7) is 3.82. The van der Waals surface area contributed by atoms with Crippen molar-refractivity contribution in [1.29, 1.82) is 0 Å². The molecule has 0 fully saturated rings. The standard InChI is InChI=1S/C28H25N7O2/c1-19-5-3-6-21(13-19)14-27(36)31-24-16-30-34(17-24)26-8-4-7-22(15-26)28(37)32-23-9-11-25(12-10-23)35-18-29-20(2)33-35/h3-13,15-18H,14H2,1-2H3,(H,31,36)(H,32,37). The third-order valence-electron chi connectivity index (χ3n) is 5.68. The average molecular weight is 492 g/mol. The Kier molecular flexibility index (Phi) is 6.58. The smallest absolute Gasteiger partial charge is 0.255 e. The molecule has 2 aromatic heterocycles. The summed E-state index contributed by atoms with van der Waals surface area (Å²) >= 11 is 0. The van der Waals surface area contributed by atoms with E-state index in [0.29, 0.717) is 28.5 Å². The van der Waals surface area contributed by atoms with Crippen LogP contribution < -0.4 is 10.6 Å². The van der Waals surface area contributed by atoms with E-state index < -0.39 is 0 Å². The summed E-state index contributed by atoms with van der Waals surface area (Å²) in [6.07, 6.45) is 5.22. The molecule has 5 rings (SSSR count). The molecule has 0 bridgehead atoms. The Labute approximate surface area is 213 Å². The molecule has 9 heteroatoms. The van der Waals surface area contributed by atoms with E-state index in [1.807, 2.05) is 68.4 Å². The van der Waals surface area contributed by atoms with Crippen LogP contribution in [0.1, 0.15) is 27.3 Å². The highest BCUT2D eigenvalue weighted by molar-refractivity contribution is 6.04. The minimum absolute atomic E-state index is 0.122. The predicted molar refractivity (Wildman–Crippen MR) is 141 cm³/mol. The largest absolute Gasteiger partial charge is 0.323 e. The average Bonchev–Trinajstić information content (AvgIpc) is 3.54. The van der Waals surface area contributed by atoms with Crippen LogP contribution in [0.15, 0.2) is 91.5 Å². The summed E-state index contributed by atoms with van der Waals surface area (Å²) in [5, 5.41) is 14.4. The van der Waals surface area contributed by atoms with Crippen molar-refractivity contribution >= 4 is 23.2 Å². The number of aryl methyl sites for hydroxylation is 2. The van der Waals surface area contributed by atoms with Gasteiger partial charge in [-0.25, -0.2) is 14.3 Å². The number of hydrogen-bond acceptors (Lipinski definition) is 5. The molecule has 2 amide bonds. The van der Waals surface area contributed by atoms with Crippen LogP contribution in [0.25, 0.3) is 11.4 Å². The molecule has 2 N–H and O–H groups in total. The molecule has 0 aliphatic heterocycles. The fourth-order valence-electron chi connectivity index (χ4n) is 3.90. The molecule has 184 valence electrons. The fourth-order valence-corrected chi connectivity index (χ4v) is 3.90. The SMILES string of the molecule is Cc1cccc(CC(=O)Nc2cnn(-c3cccc(C(=O)Nc4ccc(-n5cnc(C)n5)cc4)c3)c2)c1. The summed E-state index contributed by atoms with van der Waals surface area (Å²) in [7, 11) is 0. The molecule has 0 atom stereocenters. The summed E-state index contributed by atoms with van der Waals surface area (Å²) < 4.78 is 3.29. The highest BCUT2D eigenvalue weighted by Crippen LogP contribution is 2.17. The van der Waals surface area contributed by atoms with Gasteiger partial charge in [-0.2, -0.15) is 10.2 Å². The molecule has 0 unspecified atom stereocenters. The number of benzene rings is 3. The van der Waals surface area contributed by atoms with E-state index in [0.717, 1.165) is 16.8 Å². The molecule has 0 radical (unpaired) electrons. The van der Waals surface area contributed by atoms with Crippen LogP contribution in [0.2, 0.25) is 0 Å². The normalized spacial score (nSPS) is 10.8. The summed E-state index contributed by atoms with van der Waals surface area (Å²) in [6, 6.07) is 22.3. The predicted octanol–water partition coefficient (Wildman–Crippen LogP) is 4.50. The number of carbonyl (C=O) groups is 2. The number of hydrogen-bond donors (Lipinski definition) is 2. The molecule has 5 aromatic rings. The van der Waals surface area contributed by atoms with Crippen LogP contribution in [0.5, 0.6) is 0 Å². The van der Waals surface area contributed by atoms with Crippen molar-refractivity contribution < 1.29 is 9.59 Å². The van der Waals surface area contributed by atoms with Crippen LogP contribution in [-0.2, 0) is 11.2 Å². The number of carbonyl (C=O) groups excluding carboxylic acids is 2. The van der Waals surface area contributed by atoms with Gasteiger partial charge in [-0.15, -0.1) is 0 Å². The van der Waals surface area contributed by atoms with Crippen LogP contribution in [0.3, 0.4) is 0 Å². The van der Waals surface area contributed by atoms with E-state index in [2.05, 4.69) is 25.8 Å². The monoisotopic (exact) mass is 491 g/mol. The van der Waals surface area contributed by atoms with Gasteiger partial charge in [0.1, 0.15) is 12.2 Å². The summed E-state index contributed by atoms with van der Waals surface area (Å²) in [5.41, 5.74) is 5.33. The maximum atomic E-state index is 12.9. The van der Waals surface area contributed by atoms with E-state index in [1.54, 1.807) is 46.3 Å². The third-order valence-corrected chi connectivity index (χ3v) is 5.68. The van der Waals surface area contributed by atoms with Gasteiger partial charge < -0.3 is 10.6 Å². The minimum Gasteiger partial charge on any atom is -0.323 e. The first kappa shape index (κ1) is 23.7. The topological polar surface area (TPSA) is 107 Å². The highest BCUT2D eigenvalue weighted by atomic mass is 16.2. The van der Waals surface area contributed by atoms with E-state index in [-0.39, 0.29) is 18.2 Å². The first-order chi connectivity index (χ1) is 17.9. The van der Waals surface area contributed by atoms with E-state index in [1.165, 1.54) is 0 Å². The van der Waals surface area contributed by atoms with Crippen molar-refractivity contribution in [2.45, 2.75) is 20.3 Å². The van der Waals surface area contributed by atoms with Gasteiger partial charge in [0.2, 0.25) is 5.91 Å². The van der Waals surface area contributed by atoms with Gasteiger partial charge in [-0.3, -0.25) is 9.59 Å². The quantitative estimate of drug-likeness (QED) is 0.349. The van der Waals surface area contributed by atoms with Gasteiger partial charge in [-0.1, -0.05) is 35.9 Å². The van der Waals surface area contributed by atoms with Gasteiger partial charge in [0.15, 0.2) is 0 Å². The first-order valence-electron chi connectivity index (χ1n) is 11.7. The van der Waals surface area contributed by atoms with Gasteiger partial charge in [-0.05, 0) is 61.9 Å². The lowest BCUT2D eigenvalue weighted by molar-refractivity contribution is -0.115. The Morgan fingerprint density at radius 3 is 2.41 bits per heavy atom. The highest BCUT2D eigenvalue weighted by Gasteiger charge is 2.11. The van der Waals surface area contributed by atoms with Crippen LogP contribution in [0.4, 0.5) is 11.4 Å². The van der Waals surface area contributed by atoms with Crippen molar-refractivity contribution in [3.8, 4) is 11.4 Å². The van der Waals surface area contributed by atoms with Crippen molar-refractivity contribution in [3.05, 3.63) is 114 Å². The van der Waals surface area contributed by atoms with Gasteiger partial charge in [0.05, 0.1) is 35.9 Å². The van der Waals surface area contributed by atoms with E-state index in [4.69, 9.17) is 0 Å². The fraction of sp³-hybridized carbons (Fsp3) is 0.107. The summed E-state index contributed by atoms with van der Waals surface area (Å²) in [4.78, 5) is 29.5. The Morgan fingerprint density at radius 2 is 1.65 bits per heavy atom. The molecule has 3 aromatic carbocycles. The van der Waals surface area contributed by atoms with Gasteiger partial charge >= 0.3 is 0 Å². The second kappa shape index (κ2) is 10.3. The number of rotatable bonds is 7. The van der Waals surface area contributed by atoms with Crippen molar-refractivity contribution in [3.63, 3.8) is 0 Å². The van der Waals surface area contributed by atoms with Crippen molar-refractivity contribution in [2.75, 3.05) is 10.6 Å². The third kappa shape index (κ3) is 5.79. The molecular weight excluding hydrogens is 466 g/mol. The Morgan fingerprint density at radius 1 is 0.838 bits per heavy atom. The second-order valence-electron chi connectivity index (χ2n) is 8.68. The minimum atomic E-state index is -0.245. The van der Waals surface area contributed by atoms with Gasteiger partial charge in [0, 0.05) is 11.3 Å². The number of nitrogens with zero attached hydrogens (tertiary/aromatic N) is 5. The van der Waals surface area contributed by atoms with E-state index in [9.17, 15) is 9.59 Å². The lowest BCUT2D eigenvalue weighted by Gasteiger charge is -2.08. The molecular formula is C28H25N7O2. The molecule has 0 saturated heterocycles. The van der Waals surface area contributed by atoms with Crippen LogP contribution >= 0.6 is 0 Å². The zero-order valence-electron chi connectivity index (χ0n) is 20.4. The Bertz CT molecular complexity index is 1570. The maximum absolute atomic E-state index is 12.9. The second-order valence-corrected chi connectivity index (χ2v) is 8.68. The molecule has 0 saturated carbocycles. The zero-order valence-corrected chi connectivity index (χ0v) is 20.4. The van der Waals surface area contributed by atoms with Crippen LogP contribution in [-0.4, -0.2) is 36.4 Å². The van der Waals surface area contributed by atoms with Crippen molar-refractivity contribution in [2.24, 2.45) is 0 Å². The molecule has 0 spiro atoms. The van der Waals surface area contributed by atoms with Gasteiger partial charge in [0.25, 0.3) is 5.91 Å². The molecule has 0 aliphatic rings. The lowest BCUT2D eigenvalue weighted by atomic mass is 10.1. The number of aromatic nitrogens is 5.